The van der Waals surface area contributed by atoms with Crippen LogP contribution in [-0.2, 0) is 0 Å². The van der Waals surface area contributed by atoms with Crippen LogP contribution in [0.1, 0.15) is 10.5 Å². The molecule has 6 nitrogen and oxygen atoms in total. The summed E-state index contributed by atoms with van der Waals surface area (Å²) in [5.41, 5.74) is 0.680. The fourth-order valence-corrected chi connectivity index (χ4v) is 1.30. The second-order valence-corrected chi connectivity index (χ2v) is 3.01. The smallest absolute Gasteiger partial charge is 0.266 e. The highest BCUT2D eigenvalue weighted by atomic mass is 16.8. The first-order valence-corrected chi connectivity index (χ1v) is 4.45. The number of aldehydes is 1. The molecule has 0 N–H and O–H groups in total. The van der Waals surface area contributed by atoms with Gasteiger partial charge in [0.25, 0.3) is 11.4 Å². The molecule has 1 heterocycles. The van der Waals surface area contributed by atoms with E-state index in [9.17, 15) is 10.0 Å². The van der Waals surface area contributed by atoms with E-state index in [4.69, 9.17) is 4.74 Å². The van der Waals surface area contributed by atoms with E-state index in [1.54, 1.807) is 31.4 Å². The summed E-state index contributed by atoms with van der Waals surface area (Å²) >= 11 is 0. The van der Waals surface area contributed by atoms with Gasteiger partial charge in [-0.3, -0.25) is 9.42 Å². The lowest BCUT2D eigenvalue weighted by Crippen LogP contribution is -2.27. The first-order valence-electron chi connectivity index (χ1n) is 4.45. The predicted octanol–water partition coefficient (Wildman–Crippen LogP) is 0.796. The monoisotopic (exact) mass is 220 g/mol. The minimum Gasteiger partial charge on any atom is -0.497 e. The van der Waals surface area contributed by atoms with Crippen LogP contribution in [0.15, 0.2) is 28.9 Å². The lowest BCUT2D eigenvalue weighted by atomic mass is 10.1. The summed E-state index contributed by atoms with van der Waals surface area (Å²) in [7, 11) is 1.55. The molecule has 0 fully saturated rings. The molecule has 2 rings (SSSR count). The van der Waals surface area contributed by atoms with Crippen LogP contribution < -0.4 is 9.64 Å². The molecule has 0 saturated heterocycles. The molecule has 0 bridgehead atoms. The molecule has 0 aliphatic carbocycles. The quantitative estimate of drug-likeness (QED) is 0.564. The number of carbonyl (C=O) groups excluding carboxylic acids is 1. The van der Waals surface area contributed by atoms with E-state index in [-0.39, 0.29) is 16.3 Å². The Morgan fingerprint density at radius 2 is 2.12 bits per heavy atom. The zero-order valence-corrected chi connectivity index (χ0v) is 8.41. The van der Waals surface area contributed by atoms with E-state index in [2.05, 4.69) is 9.79 Å². The number of methoxy groups -OCH3 is 1. The van der Waals surface area contributed by atoms with Gasteiger partial charge in [-0.15, -0.1) is 0 Å². The first-order chi connectivity index (χ1) is 7.76. The molecule has 0 radical (unpaired) electrons. The zero-order chi connectivity index (χ0) is 11.5. The van der Waals surface area contributed by atoms with Crippen molar-refractivity contribution in [1.29, 1.82) is 0 Å². The Hall–Kier alpha value is -2.37. The van der Waals surface area contributed by atoms with Gasteiger partial charge in [-0.1, -0.05) is 0 Å². The third kappa shape index (κ3) is 1.60. The second kappa shape index (κ2) is 4.01. The van der Waals surface area contributed by atoms with Crippen LogP contribution in [0.2, 0.25) is 0 Å². The normalized spacial score (nSPS) is 10.1. The molecule has 82 valence electrons. The van der Waals surface area contributed by atoms with Crippen molar-refractivity contribution in [2.24, 2.45) is 0 Å². The number of nitrogens with zero attached hydrogens (tertiary/aromatic N) is 2. The molecule has 0 spiro atoms. The van der Waals surface area contributed by atoms with Crippen LogP contribution in [0.5, 0.6) is 5.75 Å². The third-order valence-electron chi connectivity index (χ3n) is 2.12. The van der Waals surface area contributed by atoms with E-state index in [1.165, 1.54) is 0 Å². The number of hydrogen-bond acceptors (Lipinski definition) is 5. The molecule has 16 heavy (non-hydrogen) atoms. The van der Waals surface area contributed by atoms with Crippen LogP contribution in [0.4, 0.5) is 0 Å². The highest BCUT2D eigenvalue weighted by Crippen LogP contribution is 2.21. The van der Waals surface area contributed by atoms with Crippen molar-refractivity contribution >= 4 is 6.29 Å². The third-order valence-corrected chi connectivity index (χ3v) is 2.12. The summed E-state index contributed by atoms with van der Waals surface area (Å²) in [6.07, 6.45) is 0.406. The summed E-state index contributed by atoms with van der Waals surface area (Å²) in [4.78, 5) is 10.7. The van der Waals surface area contributed by atoms with Crippen LogP contribution >= 0.6 is 0 Å². The van der Waals surface area contributed by atoms with Gasteiger partial charge < -0.3 is 9.94 Å². The van der Waals surface area contributed by atoms with Gasteiger partial charge in [-0.2, -0.15) is 0 Å². The highest BCUT2D eigenvalue weighted by Gasteiger charge is 2.19. The van der Waals surface area contributed by atoms with Gasteiger partial charge in [0.2, 0.25) is 0 Å². The SMILES string of the molecule is COc1ccc(-c2no[n+]([O-])c2C=O)cc1. The minimum atomic E-state index is -0.148. The molecule has 0 saturated carbocycles. The summed E-state index contributed by atoms with van der Waals surface area (Å²) in [6, 6.07) is 6.77. The van der Waals surface area contributed by atoms with Crippen LogP contribution in [-0.4, -0.2) is 18.6 Å². The molecule has 0 atom stereocenters. The van der Waals surface area contributed by atoms with Gasteiger partial charge in [0, 0.05) is 10.7 Å². The van der Waals surface area contributed by atoms with Crippen molar-refractivity contribution in [2.45, 2.75) is 0 Å². The Bertz CT molecular complexity index is 504. The Morgan fingerprint density at radius 1 is 1.44 bits per heavy atom. The van der Waals surface area contributed by atoms with Gasteiger partial charge in [0.1, 0.15) is 5.75 Å². The standard InChI is InChI=1S/C10H8N2O4/c1-15-8-4-2-7(3-5-8)10-9(6-13)12(14)16-11-10/h2-6H,1H3. The molecule has 1 aromatic carbocycles. The number of carbonyl (C=O) groups is 1. The number of ether oxygens (including phenoxy) is 1. The lowest BCUT2D eigenvalue weighted by molar-refractivity contribution is -0.803. The van der Waals surface area contributed by atoms with E-state index < -0.39 is 0 Å². The number of aromatic nitrogens is 2. The second-order valence-electron chi connectivity index (χ2n) is 3.01. The summed E-state index contributed by atoms with van der Waals surface area (Å²) < 4.78 is 9.33. The molecule has 1 aromatic heterocycles. The number of hydrogen-bond donors (Lipinski definition) is 0. The highest BCUT2D eigenvalue weighted by molar-refractivity contribution is 5.81. The Morgan fingerprint density at radius 3 is 2.69 bits per heavy atom. The maximum absolute atomic E-state index is 11.0. The van der Waals surface area contributed by atoms with Crippen molar-refractivity contribution in [1.82, 2.24) is 5.16 Å². The van der Waals surface area contributed by atoms with Gasteiger partial charge in [0.15, 0.2) is 6.29 Å². The topological polar surface area (TPSA) is 79.3 Å². The average molecular weight is 220 g/mol. The predicted molar refractivity (Wildman–Crippen MR) is 52.8 cm³/mol. The van der Waals surface area contributed by atoms with Crippen molar-refractivity contribution in [2.75, 3.05) is 7.11 Å². The van der Waals surface area contributed by atoms with Gasteiger partial charge in [-0.25, -0.2) is 0 Å². The maximum atomic E-state index is 11.0. The van der Waals surface area contributed by atoms with Gasteiger partial charge in [0.05, 0.1) is 7.11 Å². The molecule has 6 heteroatoms. The van der Waals surface area contributed by atoms with E-state index in [1.807, 2.05) is 0 Å². The largest absolute Gasteiger partial charge is 0.497 e. The summed E-state index contributed by atoms with van der Waals surface area (Å²) in [5, 5.41) is 14.5. The Kier molecular flexibility index (Phi) is 2.55. The van der Waals surface area contributed by atoms with Crippen molar-refractivity contribution in [3.63, 3.8) is 0 Å². The molecule has 2 aromatic rings. The lowest BCUT2D eigenvalue weighted by Gasteiger charge is -1.98. The van der Waals surface area contributed by atoms with Crippen LogP contribution in [0.3, 0.4) is 0 Å². The fraction of sp³-hybridized carbons (Fsp3) is 0.100. The molecule has 0 unspecified atom stereocenters. The van der Waals surface area contributed by atoms with Crippen LogP contribution in [0, 0.1) is 5.21 Å². The van der Waals surface area contributed by atoms with E-state index >= 15 is 0 Å². The Labute approximate surface area is 90.6 Å². The van der Waals surface area contributed by atoms with E-state index in [0.717, 1.165) is 0 Å². The average Bonchev–Trinajstić information content (AvgIpc) is 2.70. The molecule has 0 aliphatic heterocycles. The molecular formula is C10H8N2O4. The van der Waals surface area contributed by atoms with Gasteiger partial charge >= 0.3 is 0 Å². The Balaban J connectivity index is 2.46. The molecular weight excluding hydrogens is 212 g/mol. The van der Waals surface area contributed by atoms with E-state index in [0.29, 0.717) is 17.6 Å². The van der Waals surface area contributed by atoms with Gasteiger partial charge in [-0.05, 0) is 29.2 Å². The molecule has 0 aliphatic rings. The fourth-order valence-electron chi connectivity index (χ4n) is 1.30. The maximum Gasteiger partial charge on any atom is 0.266 e. The first kappa shape index (κ1) is 10.2. The van der Waals surface area contributed by atoms with Crippen LogP contribution in [0.25, 0.3) is 11.3 Å². The molecule has 0 amide bonds. The van der Waals surface area contributed by atoms with Crippen molar-refractivity contribution in [3.8, 4) is 17.0 Å². The number of benzene rings is 1. The number of rotatable bonds is 3. The summed E-state index contributed by atoms with van der Waals surface area (Å²) in [6.45, 7) is 0. The minimum absolute atomic E-state index is 0.0760. The van der Waals surface area contributed by atoms with Crippen molar-refractivity contribution in [3.05, 3.63) is 35.2 Å². The zero-order valence-electron chi connectivity index (χ0n) is 8.41. The van der Waals surface area contributed by atoms with Crippen molar-refractivity contribution < 1.29 is 19.1 Å². The summed E-state index contributed by atoms with van der Waals surface area (Å²) in [5.74, 6) is 0.676.